The third-order valence-corrected chi connectivity index (χ3v) is 3.73. The molecular weight excluding hydrogens is 296 g/mol. The zero-order chi connectivity index (χ0) is 15.2. The highest BCUT2D eigenvalue weighted by Gasteiger charge is 2.10. The van der Waals surface area contributed by atoms with Crippen molar-refractivity contribution in [3.05, 3.63) is 53.2 Å². The summed E-state index contributed by atoms with van der Waals surface area (Å²) in [5.74, 6) is -0.562. The fourth-order valence-electron chi connectivity index (χ4n) is 1.60. The summed E-state index contributed by atoms with van der Waals surface area (Å²) in [7, 11) is 0. The third-order valence-electron chi connectivity index (χ3n) is 2.81. The van der Waals surface area contributed by atoms with Crippen molar-refractivity contribution in [2.75, 3.05) is 6.61 Å². The summed E-state index contributed by atoms with van der Waals surface area (Å²) in [4.78, 5) is 16.9. The number of thiophene rings is 1. The Hall–Kier alpha value is -2.08. The lowest BCUT2D eigenvalue weighted by Crippen LogP contribution is -2.07. The fraction of sp³-hybridized carbons (Fsp3) is 0.200. The molecule has 0 fully saturated rings. The maximum Gasteiger partial charge on any atom is 0.339 e. The normalized spacial score (nSPS) is 10.2. The molecule has 0 N–H and O–H groups in total. The average molecular weight is 309 g/mol. The number of carbonyl (C=O) groups excluding carboxylic acids is 1. The van der Waals surface area contributed by atoms with Crippen molar-refractivity contribution < 1.29 is 18.3 Å². The molecule has 0 aliphatic rings. The highest BCUT2D eigenvalue weighted by molar-refractivity contribution is 7.13. The minimum Gasteiger partial charge on any atom is -0.462 e. The van der Waals surface area contributed by atoms with Gasteiger partial charge in [-0.15, -0.1) is 11.3 Å². The zero-order valence-corrected chi connectivity index (χ0v) is 12.1. The van der Waals surface area contributed by atoms with Gasteiger partial charge >= 0.3 is 5.97 Å². The van der Waals surface area contributed by atoms with Crippen LogP contribution in [-0.2, 0) is 4.74 Å². The van der Waals surface area contributed by atoms with Crippen LogP contribution in [-0.4, -0.2) is 17.6 Å². The number of carbonyl (C=O) groups is 1. The molecule has 3 nitrogen and oxygen atoms in total. The molecule has 0 aliphatic carbocycles. The lowest BCUT2D eigenvalue weighted by molar-refractivity contribution is 0.0507. The first kappa shape index (κ1) is 15.3. The summed E-state index contributed by atoms with van der Waals surface area (Å²) in [5.41, 5.74) is 1.06. The Morgan fingerprint density at radius 3 is 2.86 bits per heavy atom. The van der Waals surface area contributed by atoms with Crippen molar-refractivity contribution in [1.82, 2.24) is 4.98 Å². The predicted molar refractivity (Wildman–Crippen MR) is 77.4 cm³/mol. The van der Waals surface area contributed by atoms with E-state index in [-0.39, 0.29) is 18.6 Å². The third kappa shape index (κ3) is 4.19. The quantitative estimate of drug-likeness (QED) is 0.762. The van der Waals surface area contributed by atoms with Gasteiger partial charge in [0.15, 0.2) is 0 Å². The second-order valence-corrected chi connectivity index (χ2v) is 5.31. The van der Waals surface area contributed by atoms with Crippen LogP contribution >= 0.6 is 11.3 Å². The van der Waals surface area contributed by atoms with E-state index in [1.165, 1.54) is 24.5 Å². The molecule has 0 bridgehead atoms. The fourth-order valence-corrected chi connectivity index (χ4v) is 2.31. The van der Waals surface area contributed by atoms with Crippen molar-refractivity contribution in [3.8, 4) is 10.4 Å². The van der Waals surface area contributed by atoms with Gasteiger partial charge in [0.25, 0.3) is 6.08 Å². The molecule has 0 unspecified atom stereocenters. The van der Waals surface area contributed by atoms with Crippen molar-refractivity contribution >= 4 is 17.3 Å². The van der Waals surface area contributed by atoms with E-state index in [0.717, 1.165) is 10.4 Å². The molecule has 0 radical (unpaired) electrons. The first-order valence-electron chi connectivity index (χ1n) is 6.24. The van der Waals surface area contributed by atoms with Crippen LogP contribution in [0.2, 0.25) is 0 Å². The number of nitrogens with zero attached hydrogens (tertiary/aromatic N) is 1. The van der Waals surface area contributed by atoms with E-state index in [0.29, 0.717) is 5.56 Å². The van der Waals surface area contributed by atoms with Crippen LogP contribution in [0, 0.1) is 0 Å². The molecule has 0 aromatic carbocycles. The Balaban J connectivity index is 2.00. The number of pyridine rings is 1. The maximum atomic E-state index is 12.2. The van der Waals surface area contributed by atoms with E-state index in [2.05, 4.69) is 4.98 Å². The SMILES string of the molecule is CC(CCOC(=O)c1cncc(-c2cccs2)c1)=C(F)F. The lowest BCUT2D eigenvalue weighted by Gasteiger charge is -2.05. The van der Waals surface area contributed by atoms with Gasteiger partial charge in [-0.1, -0.05) is 6.07 Å². The van der Waals surface area contributed by atoms with E-state index >= 15 is 0 Å². The van der Waals surface area contributed by atoms with E-state index in [4.69, 9.17) is 4.74 Å². The Bertz CT molecular complexity index is 649. The van der Waals surface area contributed by atoms with Gasteiger partial charge in [-0.25, -0.2) is 4.79 Å². The van der Waals surface area contributed by atoms with Crippen LogP contribution in [0.1, 0.15) is 23.7 Å². The smallest absolute Gasteiger partial charge is 0.339 e. The minimum atomic E-state index is -1.73. The number of hydrogen-bond acceptors (Lipinski definition) is 4. The van der Waals surface area contributed by atoms with E-state index in [9.17, 15) is 13.6 Å². The van der Waals surface area contributed by atoms with Crippen LogP contribution in [0.4, 0.5) is 8.78 Å². The van der Waals surface area contributed by atoms with E-state index in [1.54, 1.807) is 12.3 Å². The molecule has 0 atom stereocenters. The molecule has 21 heavy (non-hydrogen) atoms. The summed E-state index contributed by atoms with van der Waals surface area (Å²) >= 11 is 1.54. The van der Waals surface area contributed by atoms with Crippen molar-refractivity contribution in [1.29, 1.82) is 0 Å². The van der Waals surface area contributed by atoms with Crippen LogP contribution in [0.15, 0.2) is 47.6 Å². The molecule has 2 heterocycles. The Kier molecular flexibility index (Phi) is 5.16. The molecular formula is C15H13F2NO2S. The van der Waals surface area contributed by atoms with Crippen LogP contribution < -0.4 is 0 Å². The Morgan fingerprint density at radius 2 is 2.19 bits per heavy atom. The number of esters is 1. The van der Waals surface area contributed by atoms with Crippen LogP contribution in [0.3, 0.4) is 0 Å². The number of ether oxygens (including phenoxy) is 1. The first-order chi connectivity index (χ1) is 10.1. The maximum absolute atomic E-state index is 12.2. The van der Waals surface area contributed by atoms with Gasteiger partial charge < -0.3 is 4.74 Å². The minimum absolute atomic E-state index is 0.0200. The zero-order valence-electron chi connectivity index (χ0n) is 11.3. The lowest BCUT2D eigenvalue weighted by atomic mass is 10.2. The molecule has 0 saturated carbocycles. The summed E-state index contributed by atoms with van der Waals surface area (Å²) in [6.07, 6.45) is 1.35. The molecule has 0 aliphatic heterocycles. The summed E-state index contributed by atoms with van der Waals surface area (Å²) in [6.45, 7) is 1.23. The molecule has 2 aromatic rings. The van der Waals surface area contributed by atoms with Crippen molar-refractivity contribution in [2.45, 2.75) is 13.3 Å². The van der Waals surface area contributed by atoms with Gasteiger partial charge in [0.2, 0.25) is 0 Å². The largest absolute Gasteiger partial charge is 0.462 e. The van der Waals surface area contributed by atoms with E-state index in [1.807, 2.05) is 17.5 Å². The van der Waals surface area contributed by atoms with Gasteiger partial charge in [-0.2, -0.15) is 8.78 Å². The standard InChI is InChI=1S/C15H13F2NO2S/c1-10(14(16)17)4-5-20-15(19)12-7-11(8-18-9-12)13-3-2-6-21-13/h2-3,6-9H,4-5H2,1H3. The average Bonchev–Trinajstić information content (AvgIpc) is 3.01. The second kappa shape index (κ2) is 7.08. The number of hydrogen-bond donors (Lipinski definition) is 0. The number of rotatable bonds is 5. The topological polar surface area (TPSA) is 39.2 Å². The van der Waals surface area contributed by atoms with Crippen LogP contribution in [0.25, 0.3) is 10.4 Å². The van der Waals surface area contributed by atoms with Crippen molar-refractivity contribution in [2.24, 2.45) is 0 Å². The van der Waals surface area contributed by atoms with E-state index < -0.39 is 12.0 Å². The second-order valence-electron chi connectivity index (χ2n) is 4.37. The number of aromatic nitrogens is 1. The van der Waals surface area contributed by atoms with Crippen molar-refractivity contribution in [3.63, 3.8) is 0 Å². The van der Waals surface area contributed by atoms with Gasteiger partial charge in [0.05, 0.1) is 12.2 Å². The molecule has 2 aromatic heterocycles. The molecule has 110 valence electrons. The molecule has 0 saturated heterocycles. The summed E-state index contributed by atoms with van der Waals surface area (Å²) < 4.78 is 29.4. The highest BCUT2D eigenvalue weighted by atomic mass is 32.1. The highest BCUT2D eigenvalue weighted by Crippen LogP contribution is 2.24. The number of halogens is 2. The predicted octanol–water partition coefficient (Wildman–Crippen LogP) is 4.53. The molecule has 6 heteroatoms. The summed E-state index contributed by atoms with van der Waals surface area (Å²) in [6, 6.07) is 5.51. The van der Waals surface area contributed by atoms with Crippen LogP contribution in [0.5, 0.6) is 0 Å². The Morgan fingerprint density at radius 1 is 1.38 bits per heavy atom. The van der Waals surface area contributed by atoms with Gasteiger partial charge in [-0.3, -0.25) is 4.98 Å². The van der Waals surface area contributed by atoms with Gasteiger partial charge in [-0.05, 0) is 30.0 Å². The Labute approximate surface area is 124 Å². The summed E-state index contributed by atoms with van der Waals surface area (Å²) in [5, 5.41) is 1.93. The van der Waals surface area contributed by atoms with Gasteiger partial charge in [0, 0.05) is 29.3 Å². The monoisotopic (exact) mass is 309 g/mol. The van der Waals surface area contributed by atoms with Gasteiger partial charge in [0.1, 0.15) is 0 Å². The molecule has 2 rings (SSSR count). The molecule has 0 spiro atoms. The molecule has 0 amide bonds. The first-order valence-corrected chi connectivity index (χ1v) is 7.12.